The number of hydrogen-bond donors (Lipinski definition) is 1. The summed E-state index contributed by atoms with van der Waals surface area (Å²) < 4.78 is 36.3. The van der Waals surface area contributed by atoms with Crippen LogP contribution in [-0.4, -0.2) is 11.7 Å². The molecule has 0 saturated carbocycles. The number of hydrogen-bond acceptors (Lipinski definition) is 1. The van der Waals surface area contributed by atoms with E-state index in [0.717, 1.165) is 12.2 Å². The molecule has 0 spiro atoms. The van der Waals surface area contributed by atoms with Gasteiger partial charge in [-0.25, -0.2) is 0 Å². The van der Waals surface area contributed by atoms with E-state index in [0.29, 0.717) is 6.42 Å². The first-order chi connectivity index (χ1) is 5.31. The van der Waals surface area contributed by atoms with Crippen molar-refractivity contribution in [1.82, 2.24) is 0 Å². The minimum atomic E-state index is -4.28. The highest BCUT2D eigenvalue weighted by atomic mass is 19.4. The molecule has 0 aromatic heterocycles. The molecule has 4 heteroatoms. The molecular weight excluding hydrogens is 167 g/mol. The SMILES string of the molecule is CC1(N)C=C(C(F)(F)F)C=CC1. The lowest BCUT2D eigenvalue weighted by atomic mass is 9.91. The Kier molecular flexibility index (Phi) is 2.04. The molecule has 0 amide bonds. The van der Waals surface area contributed by atoms with Gasteiger partial charge in [0.05, 0.1) is 5.57 Å². The van der Waals surface area contributed by atoms with Crippen molar-refractivity contribution in [2.75, 3.05) is 0 Å². The fourth-order valence-corrected chi connectivity index (χ4v) is 1.08. The number of allylic oxidation sites excluding steroid dienone is 2. The van der Waals surface area contributed by atoms with Gasteiger partial charge in [-0.15, -0.1) is 0 Å². The summed E-state index contributed by atoms with van der Waals surface area (Å²) in [5, 5.41) is 0. The molecule has 0 fully saturated rings. The lowest BCUT2D eigenvalue weighted by molar-refractivity contribution is -0.0890. The molecule has 0 aromatic carbocycles. The average Bonchev–Trinajstić information content (AvgIpc) is 1.83. The summed E-state index contributed by atoms with van der Waals surface area (Å²) >= 11 is 0. The molecule has 2 N–H and O–H groups in total. The minimum Gasteiger partial charge on any atom is -0.322 e. The van der Waals surface area contributed by atoms with Crippen molar-refractivity contribution < 1.29 is 13.2 Å². The van der Waals surface area contributed by atoms with E-state index in [-0.39, 0.29) is 0 Å². The van der Waals surface area contributed by atoms with Gasteiger partial charge < -0.3 is 5.73 Å². The Balaban J connectivity index is 2.92. The van der Waals surface area contributed by atoms with Crippen LogP contribution in [0.4, 0.5) is 13.2 Å². The zero-order chi connectivity index (χ0) is 9.41. The summed E-state index contributed by atoms with van der Waals surface area (Å²) in [6, 6.07) is 0. The van der Waals surface area contributed by atoms with Crippen LogP contribution in [0.2, 0.25) is 0 Å². The van der Waals surface area contributed by atoms with Crippen molar-refractivity contribution in [2.45, 2.75) is 25.1 Å². The first-order valence-electron chi connectivity index (χ1n) is 3.57. The quantitative estimate of drug-likeness (QED) is 0.602. The molecular formula is C8H10F3N. The fourth-order valence-electron chi connectivity index (χ4n) is 1.08. The molecule has 12 heavy (non-hydrogen) atoms. The van der Waals surface area contributed by atoms with Crippen LogP contribution in [0.25, 0.3) is 0 Å². The topological polar surface area (TPSA) is 26.0 Å². The van der Waals surface area contributed by atoms with Crippen LogP contribution in [-0.2, 0) is 0 Å². The predicted octanol–water partition coefficient (Wildman–Crippen LogP) is 2.15. The summed E-state index contributed by atoms with van der Waals surface area (Å²) in [7, 11) is 0. The van der Waals surface area contributed by atoms with Crippen LogP contribution in [0.1, 0.15) is 13.3 Å². The third-order valence-electron chi connectivity index (χ3n) is 1.67. The van der Waals surface area contributed by atoms with Gasteiger partial charge in [-0.3, -0.25) is 0 Å². The van der Waals surface area contributed by atoms with E-state index in [4.69, 9.17) is 5.73 Å². The normalized spacial score (nSPS) is 30.2. The van der Waals surface area contributed by atoms with E-state index in [2.05, 4.69) is 0 Å². The van der Waals surface area contributed by atoms with Crippen molar-refractivity contribution in [3.05, 3.63) is 23.8 Å². The second kappa shape index (κ2) is 2.62. The van der Waals surface area contributed by atoms with Gasteiger partial charge in [-0.1, -0.05) is 18.2 Å². The van der Waals surface area contributed by atoms with E-state index in [1.807, 2.05) is 0 Å². The number of alkyl halides is 3. The Labute approximate surface area is 68.7 Å². The smallest absolute Gasteiger partial charge is 0.322 e. The highest BCUT2D eigenvalue weighted by Crippen LogP contribution is 2.31. The number of halogens is 3. The largest absolute Gasteiger partial charge is 0.416 e. The molecule has 1 atom stereocenters. The molecule has 0 heterocycles. The number of nitrogens with two attached hydrogens (primary N) is 1. The summed E-state index contributed by atoms with van der Waals surface area (Å²) in [5.41, 5.74) is 4.02. The fraction of sp³-hybridized carbons (Fsp3) is 0.500. The molecule has 0 aromatic rings. The average molecular weight is 177 g/mol. The first-order valence-corrected chi connectivity index (χ1v) is 3.57. The summed E-state index contributed by atoms with van der Waals surface area (Å²) in [6.45, 7) is 1.57. The van der Waals surface area contributed by atoms with E-state index in [1.54, 1.807) is 6.92 Å². The third kappa shape index (κ3) is 2.11. The van der Waals surface area contributed by atoms with Crippen molar-refractivity contribution in [3.63, 3.8) is 0 Å². The molecule has 1 aliphatic rings. The maximum atomic E-state index is 12.1. The summed E-state index contributed by atoms with van der Waals surface area (Å²) in [4.78, 5) is 0. The van der Waals surface area contributed by atoms with Gasteiger partial charge >= 0.3 is 6.18 Å². The highest BCUT2D eigenvalue weighted by molar-refractivity contribution is 5.32. The van der Waals surface area contributed by atoms with Gasteiger partial charge in [-0.2, -0.15) is 13.2 Å². The summed E-state index contributed by atoms with van der Waals surface area (Å²) in [5.74, 6) is 0. The predicted molar refractivity (Wildman–Crippen MR) is 40.5 cm³/mol. The second-order valence-corrected chi connectivity index (χ2v) is 3.21. The highest BCUT2D eigenvalue weighted by Gasteiger charge is 2.35. The minimum absolute atomic E-state index is 0.451. The number of rotatable bonds is 0. The van der Waals surface area contributed by atoms with Crippen LogP contribution in [0.15, 0.2) is 23.8 Å². The monoisotopic (exact) mass is 177 g/mol. The lowest BCUT2D eigenvalue weighted by Gasteiger charge is -2.24. The van der Waals surface area contributed by atoms with Crippen LogP contribution in [0, 0.1) is 0 Å². The zero-order valence-electron chi connectivity index (χ0n) is 6.65. The van der Waals surface area contributed by atoms with E-state index in [1.165, 1.54) is 6.08 Å². The van der Waals surface area contributed by atoms with Crippen molar-refractivity contribution in [3.8, 4) is 0 Å². The molecule has 0 aliphatic heterocycles. The van der Waals surface area contributed by atoms with Gasteiger partial charge in [0.1, 0.15) is 0 Å². The Morgan fingerprint density at radius 3 is 2.42 bits per heavy atom. The summed E-state index contributed by atoms with van der Waals surface area (Å²) in [6.07, 6.45) is -0.255. The van der Waals surface area contributed by atoms with E-state index >= 15 is 0 Å². The van der Waals surface area contributed by atoms with Gasteiger partial charge in [0.2, 0.25) is 0 Å². The van der Waals surface area contributed by atoms with Crippen LogP contribution in [0.3, 0.4) is 0 Å². The van der Waals surface area contributed by atoms with Gasteiger partial charge in [0.25, 0.3) is 0 Å². The molecule has 0 saturated heterocycles. The maximum absolute atomic E-state index is 12.1. The molecule has 68 valence electrons. The van der Waals surface area contributed by atoms with Gasteiger partial charge in [0.15, 0.2) is 0 Å². The van der Waals surface area contributed by atoms with E-state index in [9.17, 15) is 13.2 Å². The van der Waals surface area contributed by atoms with Crippen molar-refractivity contribution in [1.29, 1.82) is 0 Å². The molecule has 1 nitrogen and oxygen atoms in total. The maximum Gasteiger partial charge on any atom is 0.416 e. The van der Waals surface area contributed by atoms with Crippen LogP contribution < -0.4 is 5.73 Å². The van der Waals surface area contributed by atoms with E-state index < -0.39 is 17.3 Å². The standard InChI is InChI=1S/C8H10F3N/c1-7(12)4-2-3-6(5-7)8(9,10)11/h2-3,5H,4,12H2,1H3. The molecule has 0 bridgehead atoms. The molecule has 0 radical (unpaired) electrons. The molecule has 1 rings (SSSR count). The lowest BCUT2D eigenvalue weighted by Crippen LogP contribution is -2.36. The van der Waals surface area contributed by atoms with Crippen molar-refractivity contribution >= 4 is 0 Å². The van der Waals surface area contributed by atoms with Crippen LogP contribution in [0.5, 0.6) is 0 Å². The second-order valence-electron chi connectivity index (χ2n) is 3.21. The molecule has 1 unspecified atom stereocenters. The van der Waals surface area contributed by atoms with Crippen LogP contribution >= 0.6 is 0 Å². The Bertz CT molecular complexity index is 232. The Morgan fingerprint density at radius 2 is 2.08 bits per heavy atom. The Hall–Kier alpha value is -0.770. The zero-order valence-corrected chi connectivity index (χ0v) is 6.65. The third-order valence-corrected chi connectivity index (χ3v) is 1.67. The molecule has 1 aliphatic carbocycles. The van der Waals surface area contributed by atoms with Gasteiger partial charge in [-0.05, 0) is 13.3 Å². The van der Waals surface area contributed by atoms with Crippen molar-refractivity contribution in [2.24, 2.45) is 5.73 Å². The van der Waals surface area contributed by atoms with Gasteiger partial charge in [0, 0.05) is 5.54 Å². The Morgan fingerprint density at radius 1 is 1.50 bits per heavy atom. The first kappa shape index (κ1) is 9.32.